The topological polar surface area (TPSA) is 62.2 Å². The fraction of sp³-hybridized carbons (Fsp3) is 0.250. The lowest BCUT2D eigenvalue weighted by atomic mass is 10.0. The first-order valence-electron chi connectivity index (χ1n) is 6.58. The summed E-state index contributed by atoms with van der Waals surface area (Å²) in [6.45, 7) is 4.94. The van der Waals surface area contributed by atoms with Crippen molar-refractivity contribution in [3.8, 4) is 0 Å². The molecule has 2 N–H and O–H groups in total. The van der Waals surface area contributed by atoms with Crippen molar-refractivity contribution in [2.24, 2.45) is 0 Å². The molecular weight excluding hydrogens is 252 g/mol. The first-order valence-corrected chi connectivity index (χ1v) is 6.58. The van der Waals surface area contributed by atoms with Crippen LogP contribution in [0.2, 0.25) is 0 Å². The average Bonchev–Trinajstić information content (AvgIpc) is 2.46. The van der Waals surface area contributed by atoms with Crippen LogP contribution >= 0.6 is 0 Å². The Bertz CT molecular complexity index is 592. The van der Waals surface area contributed by atoms with Crippen LogP contribution in [0.5, 0.6) is 0 Å². The number of aromatic carboxylic acids is 1. The monoisotopic (exact) mass is 270 g/mol. The third-order valence-corrected chi connectivity index (χ3v) is 3.13. The number of nitrogens with one attached hydrogen (secondary N) is 1. The van der Waals surface area contributed by atoms with E-state index in [2.05, 4.69) is 48.4 Å². The molecule has 0 saturated carbocycles. The van der Waals surface area contributed by atoms with Crippen LogP contribution in [0.1, 0.15) is 41.3 Å². The van der Waals surface area contributed by atoms with Crippen LogP contribution in [-0.4, -0.2) is 16.1 Å². The summed E-state index contributed by atoms with van der Waals surface area (Å²) in [5, 5.41) is 12.1. The summed E-state index contributed by atoms with van der Waals surface area (Å²) >= 11 is 0. The molecule has 0 atom stereocenters. The molecular formula is C16H18N2O2. The Morgan fingerprint density at radius 2 is 1.95 bits per heavy atom. The number of hydrogen-bond donors (Lipinski definition) is 2. The Kier molecular flexibility index (Phi) is 4.35. The van der Waals surface area contributed by atoms with Gasteiger partial charge in [-0.2, -0.15) is 0 Å². The summed E-state index contributed by atoms with van der Waals surface area (Å²) in [5.74, 6) is 0.139. The Hall–Kier alpha value is -2.36. The Balaban J connectivity index is 2.01. The summed E-state index contributed by atoms with van der Waals surface area (Å²) < 4.78 is 0. The van der Waals surface area contributed by atoms with Crippen molar-refractivity contribution in [1.29, 1.82) is 0 Å². The minimum atomic E-state index is -0.947. The lowest BCUT2D eigenvalue weighted by Gasteiger charge is -2.09. The molecule has 0 unspecified atom stereocenters. The van der Waals surface area contributed by atoms with Crippen molar-refractivity contribution < 1.29 is 9.90 Å². The van der Waals surface area contributed by atoms with Crippen LogP contribution in [-0.2, 0) is 6.54 Å². The molecule has 0 bridgehead atoms. The van der Waals surface area contributed by atoms with Gasteiger partial charge in [-0.25, -0.2) is 9.78 Å². The van der Waals surface area contributed by atoms with Crippen molar-refractivity contribution in [2.45, 2.75) is 26.3 Å². The molecule has 1 aromatic heterocycles. The minimum absolute atomic E-state index is 0.234. The van der Waals surface area contributed by atoms with Gasteiger partial charge < -0.3 is 10.4 Å². The summed E-state index contributed by atoms with van der Waals surface area (Å²) in [5.41, 5.74) is 2.68. The Labute approximate surface area is 118 Å². The zero-order valence-electron chi connectivity index (χ0n) is 11.6. The fourth-order valence-electron chi connectivity index (χ4n) is 1.87. The standard InChI is InChI=1S/C16H18N2O2/c1-11(2)13-5-3-12(4-6-13)10-18-15-9-14(16(19)20)7-8-17-15/h3-9,11H,10H2,1-2H3,(H,17,18)(H,19,20). The smallest absolute Gasteiger partial charge is 0.335 e. The number of anilines is 1. The van der Waals surface area contributed by atoms with Crippen LogP contribution < -0.4 is 5.32 Å². The number of pyridine rings is 1. The van der Waals surface area contributed by atoms with Crippen molar-refractivity contribution in [2.75, 3.05) is 5.32 Å². The van der Waals surface area contributed by atoms with Crippen molar-refractivity contribution >= 4 is 11.8 Å². The zero-order valence-corrected chi connectivity index (χ0v) is 11.6. The van der Waals surface area contributed by atoms with Crippen molar-refractivity contribution in [3.05, 3.63) is 59.3 Å². The highest BCUT2D eigenvalue weighted by atomic mass is 16.4. The number of aromatic nitrogens is 1. The molecule has 0 amide bonds. The summed E-state index contributed by atoms with van der Waals surface area (Å²) in [4.78, 5) is 15.0. The molecule has 20 heavy (non-hydrogen) atoms. The van der Waals surface area contributed by atoms with E-state index < -0.39 is 5.97 Å². The molecule has 0 saturated heterocycles. The third-order valence-electron chi connectivity index (χ3n) is 3.13. The van der Waals surface area contributed by atoms with Crippen LogP contribution in [0.15, 0.2) is 42.6 Å². The molecule has 0 spiro atoms. The van der Waals surface area contributed by atoms with Gasteiger partial charge in [-0.3, -0.25) is 0 Å². The summed E-state index contributed by atoms with van der Waals surface area (Å²) in [7, 11) is 0. The second-order valence-corrected chi connectivity index (χ2v) is 4.98. The van der Waals surface area contributed by atoms with Gasteiger partial charge in [0.05, 0.1) is 5.56 Å². The van der Waals surface area contributed by atoms with Gasteiger partial charge >= 0.3 is 5.97 Å². The van der Waals surface area contributed by atoms with Gasteiger partial charge in [0.1, 0.15) is 5.82 Å². The molecule has 1 aromatic carbocycles. The zero-order chi connectivity index (χ0) is 14.5. The SMILES string of the molecule is CC(C)c1ccc(CNc2cc(C(=O)O)ccn2)cc1. The maximum Gasteiger partial charge on any atom is 0.335 e. The Morgan fingerprint density at radius 3 is 2.55 bits per heavy atom. The average molecular weight is 270 g/mol. The van der Waals surface area contributed by atoms with E-state index in [0.29, 0.717) is 18.3 Å². The van der Waals surface area contributed by atoms with Crippen LogP contribution in [0.3, 0.4) is 0 Å². The first-order chi connectivity index (χ1) is 9.56. The molecule has 4 nitrogen and oxygen atoms in total. The molecule has 2 aromatic rings. The van der Waals surface area contributed by atoms with E-state index in [1.807, 2.05) is 0 Å². The van der Waals surface area contributed by atoms with Crippen LogP contribution in [0.25, 0.3) is 0 Å². The second kappa shape index (κ2) is 6.19. The maximum atomic E-state index is 10.9. The number of carboxylic acids is 1. The lowest BCUT2D eigenvalue weighted by molar-refractivity contribution is 0.0697. The van der Waals surface area contributed by atoms with Gasteiger partial charge in [0.25, 0.3) is 0 Å². The first kappa shape index (κ1) is 14.1. The molecule has 0 aliphatic carbocycles. The van der Waals surface area contributed by atoms with E-state index in [1.54, 1.807) is 0 Å². The van der Waals surface area contributed by atoms with Gasteiger partial charge in [-0.15, -0.1) is 0 Å². The Morgan fingerprint density at radius 1 is 1.25 bits per heavy atom. The van der Waals surface area contributed by atoms with Gasteiger partial charge in [0.2, 0.25) is 0 Å². The molecule has 0 fully saturated rings. The highest BCUT2D eigenvalue weighted by Crippen LogP contribution is 2.15. The quantitative estimate of drug-likeness (QED) is 0.872. The van der Waals surface area contributed by atoms with Crippen molar-refractivity contribution in [1.82, 2.24) is 4.98 Å². The highest BCUT2D eigenvalue weighted by molar-refractivity contribution is 5.88. The molecule has 0 aliphatic rings. The number of nitrogens with zero attached hydrogens (tertiary/aromatic N) is 1. The van der Waals surface area contributed by atoms with E-state index in [-0.39, 0.29) is 5.56 Å². The number of benzene rings is 1. The largest absolute Gasteiger partial charge is 0.478 e. The number of carbonyl (C=O) groups is 1. The van der Waals surface area contributed by atoms with E-state index in [4.69, 9.17) is 5.11 Å². The fourth-order valence-corrected chi connectivity index (χ4v) is 1.87. The molecule has 0 radical (unpaired) electrons. The van der Waals surface area contributed by atoms with Crippen LogP contribution in [0.4, 0.5) is 5.82 Å². The lowest BCUT2D eigenvalue weighted by Crippen LogP contribution is -2.04. The predicted octanol–water partition coefficient (Wildman–Crippen LogP) is 3.52. The molecule has 104 valence electrons. The second-order valence-electron chi connectivity index (χ2n) is 4.98. The van der Waals surface area contributed by atoms with Crippen molar-refractivity contribution in [3.63, 3.8) is 0 Å². The molecule has 2 rings (SSSR count). The number of rotatable bonds is 5. The summed E-state index contributed by atoms with van der Waals surface area (Å²) in [6.07, 6.45) is 1.49. The third kappa shape index (κ3) is 3.57. The van der Waals surface area contributed by atoms with Crippen LogP contribution in [0, 0.1) is 0 Å². The molecule has 0 aliphatic heterocycles. The van der Waals surface area contributed by atoms with E-state index in [9.17, 15) is 4.79 Å². The van der Waals surface area contributed by atoms with E-state index in [0.717, 1.165) is 5.56 Å². The maximum absolute atomic E-state index is 10.9. The summed E-state index contributed by atoms with van der Waals surface area (Å²) in [6, 6.07) is 11.4. The minimum Gasteiger partial charge on any atom is -0.478 e. The number of hydrogen-bond acceptors (Lipinski definition) is 3. The van der Waals surface area contributed by atoms with Gasteiger partial charge in [0.15, 0.2) is 0 Å². The van der Waals surface area contributed by atoms with Gasteiger partial charge in [0, 0.05) is 12.7 Å². The predicted molar refractivity (Wildman–Crippen MR) is 79.1 cm³/mol. The molecule has 1 heterocycles. The highest BCUT2D eigenvalue weighted by Gasteiger charge is 2.04. The number of carboxylic acid groups (broad SMARTS) is 1. The van der Waals surface area contributed by atoms with Gasteiger partial charge in [-0.05, 0) is 29.2 Å². The normalized spacial score (nSPS) is 10.6. The van der Waals surface area contributed by atoms with E-state index in [1.165, 1.54) is 23.9 Å². The van der Waals surface area contributed by atoms with E-state index >= 15 is 0 Å². The van der Waals surface area contributed by atoms with Gasteiger partial charge in [-0.1, -0.05) is 38.1 Å². The molecule has 4 heteroatoms.